The highest BCUT2D eigenvalue weighted by Crippen LogP contribution is 2.38. The van der Waals surface area contributed by atoms with Gasteiger partial charge in [-0.3, -0.25) is 10.2 Å². The summed E-state index contributed by atoms with van der Waals surface area (Å²) in [5, 5.41) is 10.3. The Morgan fingerprint density at radius 3 is 2.67 bits per heavy atom. The molecule has 0 aromatic carbocycles. The molecule has 0 atom stereocenters. The molecule has 0 radical (unpaired) electrons. The maximum absolute atomic E-state index is 13.0. The van der Waals surface area contributed by atoms with Crippen molar-refractivity contribution >= 4 is 27.6 Å². The molecule has 0 fully saturated rings. The van der Waals surface area contributed by atoms with Crippen LogP contribution in [0.1, 0.15) is 13.8 Å². The van der Waals surface area contributed by atoms with Crippen molar-refractivity contribution in [1.29, 1.82) is 5.41 Å². The molecule has 0 aromatic heterocycles. The van der Waals surface area contributed by atoms with Crippen molar-refractivity contribution in [2.45, 2.75) is 20.0 Å². The Hall–Kier alpha value is -1.57. The third-order valence-electron chi connectivity index (χ3n) is 2.67. The molecule has 0 amide bonds. The van der Waals surface area contributed by atoms with Gasteiger partial charge in [-0.1, -0.05) is 15.9 Å². The molecule has 0 aromatic rings. The van der Waals surface area contributed by atoms with Crippen LogP contribution in [0, 0.1) is 5.41 Å². The summed E-state index contributed by atoms with van der Waals surface area (Å²) >= 11 is 3.01. The molecule has 21 heavy (non-hydrogen) atoms. The minimum absolute atomic E-state index is 0.190. The van der Waals surface area contributed by atoms with Crippen LogP contribution in [0.25, 0.3) is 0 Å². The number of carbonyl (C=O) groups is 1. The van der Waals surface area contributed by atoms with Crippen LogP contribution in [-0.2, 0) is 9.53 Å². The molecule has 116 valence electrons. The van der Waals surface area contributed by atoms with Crippen LogP contribution in [0.2, 0.25) is 0 Å². The van der Waals surface area contributed by atoms with Crippen molar-refractivity contribution in [1.82, 2.24) is 5.32 Å². The topological polar surface area (TPSA) is 62.2 Å². The van der Waals surface area contributed by atoms with E-state index in [1.807, 2.05) is 0 Å². The van der Waals surface area contributed by atoms with Gasteiger partial charge in [-0.05, 0) is 25.5 Å². The fraction of sp³-hybridized carbons (Fsp3) is 0.385. The SMILES string of the molecule is CCOC(=O)CN/C=C1\C(=N)C(C)=C(Br)C=C1C(F)(F)F. The number of nitrogens with one attached hydrogen (secondary N) is 2. The number of hydrogen-bond donors (Lipinski definition) is 2. The minimum atomic E-state index is -4.59. The highest BCUT2D eigenvalue weighted by molar-refractivity contribution is 9.12. The van der Waals surface area contributed by atoms with E-state index in [9.17, 15) is 18.0 Å². The van der Waals surface area contributed by atoms with E-state index in [0.717, 1.165) is 12.3 Å². The van der Waals surface area contributed by atoms with Gasteiger partial charge in [0.25, 0.3) is 0 Å². The van der Waals surface area contributed by atoms with E-state index < -0.39 is 17.7 Å². The van der Waals surface area contributed by atoms with Crippen molar-refractivity contribution in [2.75, 3.05) is 13.2 Å². The largest absolute Gasteiger partial charge is 0.465 e. The summed E-state index contributed by atoms with van der Waals surface area (Å²) in [5.74, 6) is -0.581. The Labute approximate surface area is 128 Å². The summed E-state index contributed by atoms with van der Waals surface area (Å²) in [5.41, 5.74) is -1.13. The molecule has 0 heterocycles. The molecule has 1 aliphatic rings. The number of hydrogen-bond acceptors (Lipinski definition) is 4. The molecule has 0 saturated carbocycles. The number of alkyl halides is 3. The quantitative estimate of drug-likeness (QED) is 0.751. The lowest BCUT2D eigenvalue weighted by Crippen LogP contribution is -2.26. The first-order valence-electron chi connectivity index (χ1n) is 6.02. The zero-order chi connectivity index (χ0) is 16.2. The monoisotopic (exact) mass is 366 g/mol. The Kier molecular flexibility index (Phi) is 5.77. The fourth-order valence-electron chi connectivity index (χ4n) is 1.60. The van der Waals surface area contributed by atoms with Gasteiger partial charge in [0.1, 0.15) is 6.54 Å². The van der Waals surface area contributed by atoms with Crippen molar-refractivity contribution in [3.8, 4) is 0 Å². The Balaban J connectivity index is 3.00. The molecule has 0 unspecified atom stereocenters. The summed E-state index contributed by atoms with van der Waals surface area (Å²) < 4.78 is 43.9. The number of rotatable bonds is 4. The van der Waals surface area contributed by atoms with Crippen LogP contribution in [0.4, 0.5) is 13.2 Å². The molecule has 1 aliphatic carbocycles. The highest BCUT2D eigenvalue weighted by atomic mass is 79.9. The number of carbonyl (C=O) groups excluding carboxylic acids is 1. The molecule has 8 heteroatoms. The van der Waals surface area contributed by atoms with Crippen molar-refractivity contribution < 1.29 is 22.7 Å². The predicted octanol–water partition coefficient (Wildman–Crippen LogP) is 3.21. The van der Waals surface area contributed by atoms with Crippen LogP contribution in [0.3, 0.4) is 0 Å². The number of esters is 1. The standard InChI is InChI=1S/C13H14BrF3N2O2/c1-3-21-11(20)6-19-5-8-9(13(15,16)17)4-10(14)7(2)12(8)18/h4-5,18-19H,3,6H2,1-2H3/b8-5-,18-12?. The summed E-state index contributed by atoms with van der Waals surface area (Å²) in [6, 6.07) is 0. The van der Waals surface area contributed by atoms with E-state index in [4.69, 9.17) is 5.41 Å². The van der Waals surface area contributed by atoms with Crippen molar-refractivity contribution in [3.63, 3.8) is 0 Å². The molecule has 0 spiro atoms. The molecule has 2 N–H and O–H groups in total. The van der Waals surface area contributed by atoms with E-state index in [1.54, 1.807) is 6.92 Å². The van der Waals surface area contributed by atoms with E-state index in [1.165, 1.54) is 6.92 Å². The molecule has 4 nitrogen and oxygen atoms in total. The van der Waals surface area contributed by atoms with Crippen LogP contribution in [0.15, 0.2) is 33.5 Å². The third-order valence-corrected chi connectivity index (χ3v) is 3.49. The maximum atomic E-state index is 13.0. The summed E-state index contributed by atoms with van der Waals surface area (Å²) in [4.78, 5) is 11.1. The van der Waals surface area contributed by atoms with Gasteiger partial charge in [0.15, 0.2) is 0 Å². The average Bonchev–Trinajstić information content (AvgIpc) is 2.37. The molecule has 1 rings (SSSR count). The lowest BCUT2D eigenvalue weighted by Gasteiger charge is -2.21. The number of halogens is 4. The Bertz CT molecular complexity index is 548. The zero-order valence-corrected chi connectivity index (χ0v) is 13.0. The lowest BCUT2D eigenvalue weighted by atomic mass is 9.91. The van der Waals surface area contributed by atoms with E-state index >= 15 is 0 Å². The van der Waals surface area contributed by atoms with Gasteiger partial charge in [0.05, 0.1) is 17.9 Å². The van der Waals surface area contributed by atoms with Gasteiger partial charge in [-0.2, -0.15) is 13.2 Å². The van der Waals surface area contributed by atoms with Gasteiger partial charge in [0.2, 0.25) is 0 Å². The summed E-state index contributed by atoms with van der Waals surface area (Å²) in [6.07, 6.45) is -2.66. The van der Waals surface area contributed by atoms with Gasteiger partial charge < -0.3 is 10.1 Å². The molecule has 0 aliphatic heterocycles. The maximum Gasteiger partial charge on any atom is 0.417 e. The van der Waals surface area contributed by atoms with E-state index in [0.29, 0.717) is 5.57 Å². The third kappa shape index (κ3) is 4.45. The second kappa shape index (κ2) is 6.93. The predicted molar refractivity (Wildman–Crippen MR) is 76.2 cm³/mol. The van der Waals surface area contributed by atoms with Gasteiger partial charge in [0, 0.05) is 16.3 Å². The minimum Gasteiger partial charge on any atom is -0.465 e. The molecular formula is C13H14BrF3N2O2. The van der Waals surface area contributed by atoms with Crippen LogP contribution < -0.4 is 5.32 Å². The number of allylic oxidation sites excluding steroid dienone is 5. The highest BCUT2D eigenvalue weighted by Gasteiger charge is 2.39. The summed E-state index contributed by atoms with van der Waals surface area (Å²) in [7, 11) is 0. The van der Waals surface area contributed by atoms with Crippen molar-refractivity contribution in [2.24, 2.45) is 0 Å². The smallest absolute Gasteiger partial charge is 0.417 e. The second-order valence-electron chi connectivity index (χ2n) is 4.15. The average molecular weight is 367 g/mol. The van der Waals surface area contributed by atoms with Gasteiger partial charge in [-0.15, -0.1) is 0 Å². The van der Waals surface area contributed by atoms with Crippen LogP contribution in [-0.4, -0.2) is 31.0 Å². The first-order chi connectivity index (χ1) is 9.68. The van der Waals surface area contributed by atoms with Crippen LogP contribution >= 0.6 is 15.9 Å². The first-order valence-corrected chi connectivity index (χ1v) is 6.81. The fourth-order valence-corrected chi connectivity index (χ4v) is 2.03. The first kappa shape index (κ1) is 17.5. The van der Waals surface area contributed by atoms with Gasteiger partial charge >= 0.3 is 12.1 Å². The normalized spacial score (nSPS) is 17.9. The molecule has 0 bridgehead atoms. The molecular weight excluding hydrogens is 353 g/mol. The zero-order valence-electron chi connectivity index (χ0n) is 11.4. The number of ether oxygens (including phenoxy) is 1. The van der Waals surface area contributed by atoms with Crippen LogP contribution in [0.5, 0.6) is 0 Å². The second-order valence-corrected chi connectivity index (χ2v) is 5.00. The molecule has 0 saturated heterocycles. The Morgan fingerprint density at radius 2 is 2.14 bits per heavy atom. The Morgan fingerprint density at radius 1 is 1.52 bits per heavy atom. The van der Waals surface area contributed by atoms with E-state index in [2.05, 4.69) is 26.0 Å². The van der Waals surface area contributed by atoms with E-state index in [-0.39, 0.29) is 28.9 Å². The summed E-state index contributed by atoms with van der Waals surface area (Å²) in [6.45, 7) is 3.09. The van der Waals surface area contributed by atoms with Gasteiger partial charge in [-0.25, -0.2) is 0 Å². The lowest BCUT2D eigenvalue weighted by molar-refractivity contribution is -0.141. The van der Waals surface area contributed by atoms with Crippen molar-refractivity contribution in [3.05, 3.63) is 33.5 Å².